The fraction of sp³-hybridized carbons (Fsp3) is 0.333. The number of benzene rings is 2. The first-order valence-electron chi connectivity index (χ1n) is 16.1. The van der Waals surface area contributed by atoms with E-state index in [1.165, 1.54) is 28.0 Å². The summed E-state index contributed by atoms with van der Waals surface area (Å²) < 4.78 is 4.25. The van der Waals surface area contributed by atoms with Crippen LogP contribution < -0.4 is 10.2 Å². The average molecular weight is 603 g/mol. The normalized spacial score (nSPS) is 20.2. The highest BCUT2D eigenvalue weighted by molar-refractivity contribution is 5.88. The van der Waals surface area contributed by atoms with Crippen LogP contribution in [0.25, 0.3) is 16.7 Å². The summed E-state index contributed by atoms with van der Waals surface area (Å²) in [5.41, 5.74) is 10.4. The number of rotatable bonds is 8. The van der Waals surface area contributed by atoms with E-state index in [1.807, 2.05) is 12.3 Å². The SMILES string of the molecule is COC.O=Cc1ccc(C2=C/C/C=C(/c3ccc(N4CCN(CCc5ccccc5)CC4)cn3)C/C=C\2)cc1C1=CCNCC1. The zero-order valence-electron chi connectivity index (χ0n) is 26.8. The maximum atomic E-state index is 11.7. The minimum Gasteiger partial charge on any atom is -0.388 e. The lowest BCUT2D eigenvalue weighted by Gasteiger charge is -2.36. The summed E-state index contributed by atoms with van der Waals surface area (Å²) in [7, 11) is 3.25. The number of carbonyl (C=O) groups excluding carboxylic acids is 1. The van der Waals surface area contributed by atoms with Crippen molar-refractivity contribution >= 4 is 28.7 Å². The van der Waals surface area contributed by atoms with E-state index in [0.717, 1.165) is 100 Å². The minimum absolute atomic E-state index is 0.768. The molecule has 1 saturated heterocycles. The van der Waals surface area contributed by atoms with E-state index in [2.05, 4.69) is 105 Å². The Kier molecular flexibility index (Phi) is 12.1. The van der Waals surface area contributed by atoms with Crippen LogP contribution in [-0.4, -0.2) is 76.2 Å². The van der Waals surface area contributed by atoms with Gasteiger partial charge in [0, 0.05) is 59.1 Å². The number of aldehydes is 1. The first-order valence-corrected chi connectivity index (χ1v) is 16.1. The van der Waals surface area contributed by atoms with E-state index < -0.39 is 0 Å². The highest BCUT2D eigenvalue weighted by Crippen LogP contribution is 2.30. The molecule has 3 heterocycles. The predicted octanol–water partition coefficient (Wildman–Crippen LogP) is 6.72. The molecule has 1 aromatic heterocycles. The van der Waals surface area contributed by atoms with Gasteiger partial charge in [0.1, 0.15) is 0 Å². The quantitative estimate of drug-likeness (QED) is 0.289. The summed E-state index contributed by atoms with van der Waals surface area (Å²) >= 11 is 0. The first-order chi connectivity index (χ1) is 22.2. The Hall–Kier alpha value is -4.10. The van der Waals surface area contributed by atoms with Crippen molar-refractivity contribution in [2.24, 2.45) is 0 Å². The van der Waals surface area contributed by atoms with Gasteiger partial charge in [0.15, 0.2) is 6.29 Å². The number of piperazine rings is 1. The number of methoxy groups -OCH3 is 1. The van der Waals surface area contributed by atoms with Crippen LogP contribution in [0.1, 0.15) is 52.0 Å². The van der Waals surface area contributed by atoms with Crippen molar-refractivity contribution in [1.29, 1.82) is 0 Å². The van der Waals surface area contributed by atoms with Gasteiger partial charge in [-0.1, -0.05) is 72.8 Å². The zero-order chi connectivity index (χ0) is 31.3. The number of anilines is 1. The summed E-state index contributed by atoms with van der Waals surface area (Å²) in [5.74, 6) is 0. The van der Waals surface area contributed by atoms with Gasteiger partial charge in [0.25, 0.3) is 0 Å². The van der Waals surface area contributed by atoms with Crippen LogP contribution in [0.15, 0.2) is 97.2 Å². The molecule has 1 N–H and O–H groups in total. The van der Waals surface area contributed by atoms with E-state index in [-0.39, 0.29) is 0 Å². The summed E-state index contributed by atoms with van der Waals surface area (Å²) in [6.07, 6.45) is 18.0. The molecule has 0 spiro atoms. The monoisotopic (exact) mass is 602 g/mol. The molecular formula is C39H46N4O2. The molecule has 6 rings (SSSR count). The number of pyridine rings is 1. The van der Waals surface area contributed by atoms with E-state index in [9.17, 15) is 4.79 Å². The number of hydrogen-bond donors (Lipinski definition) is 1. The number of aromatic nitrogens is 1. The molecule has 2 aliphatic heterocycles. The smallest absolute Gasteiger partial charge is 0.150 e. The van der Waals surface area contributed by atoms with Gasteiger partial charge in [-0.2, -0.15) is 0 Å². The molecule has 1 aliphatic carbocycles. The predicted molar refractivity (Wildman–Crippen MR) is 188 cm³/mol. The molecule has 0 saturated carbocycles. The van der Waals surface area contributed by atoms with E-state index in [4.69, 9.17) is 4.98 Å². The molecule has 3 aromatic rings. The number of nitrogens with zero attached hydrogens (tertiary/aromatic N) is 3. The Morgan fingerprint density at radius 2 is 1.76 bits per heavy atom. The Bertz CT molecular complexity index is 1510. The molecule has 234 valence electrons. The molecule has 3 aliphatic rings. The highest BCUT2D eigenvalue weighted by Gasteiger charge is 2.18. The van der Waals surface area contributed by atoms with Crippen molar-refractivity contribution in [2.45, 2.75) is 25.7 Å². The van der Waals surface area contributed by atoms with Gasteiger partial charge in [-0.15, -0.1) is 0 Å². The van der Waals surface area contributed by atoms with Gasteiger partial charge in [-0.25, -0.2) is 0 Å². The fourth-order valence-electron chi connectivity index (χ4n) is 6.12. The Balaban J connectivity index is 0.00000128. The van der Waals surface area contributed by atoms with Crippen LogP contribution in [0, 0.1) is 0 Å². The van der Waals surface area contributed by atoms with Gasteiger partial charge < -0.3 is 15.0 Å². The molecule has 1 fully saturated rings. The number of allylic oxidation sites excluding steroid dienone is 6. The van der Waals surface area contributed by atoms with Crippen LogP contribution in [-0.2, 0) is 11.2 Å². The average Bonchev–Trinajstić information content (AvgIpc) is 3.09. The third kappa shape index (κ3) is 8.98. The molecule has 6 nitrogen and oxygen atoms in total. The Labute approximate surface area is 268 Å². The Morgan fingerprint density at radius 1 is 0.933 bits per heavy atom. The third-order valence-electron chi connectivity index (χ3n) is 8.63. The molecule has 6 heteroatoms. The molecule has 0 bridgehead atoms. The van der Waals surface area contributed by atoms with Gasteiger partial charge in [0.05, 0.1) is 17.6 Å². The molecule has 0 radical (unpaired) electrons. The summed E-state index contributed by atoms with van der Waals surface area (Å²) in [5, 5.41) is 3.36. The van der Waals surface area contributed by atoms with Crippen LogP contribution >= 0.6 is 0 Å². The van der Waals surface area contributed by atoms with Crippen molar-refractivity contribution in [3.63, 3.8) is 0 Å². The second-order valence-corrected chi connectivity index (χ2v) is 11.7. The van der Waals surface area contributed by atoms with Crippen molar-refractivity contribution in [3.8, 4) is 0 Å². The van der Waals surface area contributed by atoms with Crippen molar-refractivity contribution in [1.82, 2.24) is 15.2 Å². The molecule has 0 amide bonds. The van der Waals surface area contributed by atoms with Gasteiger partial charge in [-0.3, -0.25) is 14.7 Å². The minimum atomic E-state index is 0.768. The number of carbonyl (C=O) groups is 1. The van der Waals surface area contributed by atoms with E-state index >= 15 is 0 Å². The molecule has 2 aromatic carbocycles. The number of ether oxygens (including phenoxy) is 1. The van der Waals surface area contributed by atoms with Gasteiger partial charge in [-0.05, 0) is 83.8 Å². The summed E-state index contributed by atoms with van der Waals surface area (Å²) in [6, 6.07) is 21.4. The van der Waals surface area contributed by atoms with Crippen LogP contribution in [0.4, 0.5) is 5.69 Å². The summed E-state index contributed by atoms with van der Waals surface area (Å²) in [6.45, 7) is 7.19. The fourth-order valence-corrected chi connectivity index (χ4v) is 6.12. The molecule has 0 atom stereocenters. The molecule has 0 unspecified atom stereocenters. The third-order valence-corrected chi connectivity index (χ3v) is 8.63. The van der Waals surface area contributed by atoms with Crippen LogP contribution in [0.3, 0.4) is 0 Å². The summed E-state index contributed by atoms with van der Waals surface area (Å²) in [4.78, 5) is 21.6. The second kappa shape index (κ2) is 16.8. The van der Waals surface area contributed by atoms with Crippen molar-refractivity contribution < 1.29 is 9.53 Å². The van der Waals surface area contributed by atoms with Gasteiger partial charge >= 0.3 is 0 Å². The number of nitrogens with one attached hydrogen (secondary N) is 1. The highest BCUT2D eigenvalue weighted by atomic mass is 16.4. The largest absolute Gasteiger partial charge is 0.388 e. The number of hydrogen-bond acceptors (Lipinski definition) is 6. The van der Waals surface area contributed by atoms with E-state index in [1.54, 1.807) is 14.2 Å². The van der Waals surface area contributed by atoms with Crippen LogP contribution in [0.2, 0.25) is 0 Å². The van der Waals surface area contributed by atoms with E-state index in [0.29, 0.717) is 0 Å². The lowest BCUT2D eigenvalue weighted by molar-refractivity contribution is 0.112. The molecular weight excluding hydrogens is 556 g/mol. The molecule has 45 heavy (non-hydrogen) atoms. The standard InChI is InChI=1S/C37H40N4O.C2H6O/c42-28-34-13-12-33(26-36(34)31-16-19-38-20-17-31)30-8-4-10-32(11-5-9-30)37-15-14-35(27-39-37)41-24-22-40(23-25-41)21-18-29-6-2-1-3-7-29;1-3-2/h1-4,6-9,11-16,26-28,38H,5,10,17-25H2;1-2H3/b8-4-,30-9+,32-11+;. The first kappa shape index (κ1) is 32.3. The maximum Gasteiger partial charge on any atom is 0.150 e. The van der Waals surface area contributed by atoms with Gasteiger partial charge in [0.2, 0.25) is 0 Å². The lowest BCUT2D eigenvalue weighted by atomic mass is 9.91. The maximum absolute atomic E-state index is 11.7. The topological polar surface area (TPSA) is 57.7 Å². The lowest BCUT2D eigenvalue weighted by Crippen LogP contribution is -2.47. The second-order valence-electron chi connectivity index (χ2n) is 11.7. The Morgan fingerprint density at radius 3 is 2.47 bits per heavy atom. The van der Waals surface area contributed by atoms with Crippen LogP contribution in [0.5, 0.6) is 0 Å². The zero-order valence-corrected chi connectivity index (χ0v) is 26.8. The van der Waals surface area contributed by atoms with Crippen molar-refractivity contribution in [2.75, 3.05) is 64.9 Å². The van der Waals surface area contributed by atoms with Crippen molar-refractivity contribution in [3.05, 3.63) is 125 Å².